The molecule has 2 aromatic rings. The Kier molecular flexibility index (Phi) is 4.90. The summed E-state index contributed by atoms with van der Waals surface area (Å²) in [6, 6.07) is 12.5. The van der Waals surface area contributed by atoms with Gasteiger partial charge in [0.05, 0.1) is 12.6 Å². The fourth-order valence-electron chi connectivity index (χ4n) is 2.88. The molecule has 0 saturated carbocycles. The van der Waals surface area contributed by atoms with Gasteiger partial charge in [-0.25, -0.2) is 0 Å². The van der Waals surface area contributed by atoms with Crippen LogP contribution in [-0.2, 0) is 4.79 Å². The van der Waals surface area contributed by atoms with Crippen molar-refractivity contribution in [3.8, 4) is 0 Å². The molecular weight excluding hydrogens is 292 g/mol. The Labute approximate surface area is 136 Å². The second-order valence-electron chi connectivity index (χ2n) is 5.91. The Balaban J connectivity index is 1.74. The van der Waals surface area contributed by atoms with Crippen molar-refractivity contribution >= 4 is 17.2 Å². The average Bonchev–Trinajstić information content (AvgIpc) is 3.19. The molecule has 1 N–H and O–H groups in total. The number of thiophene rings is 1. The Hall–Kier alpha value is -1.65. The molecule has 0 spiro atoms. The number of amides is 1. The predicted octanol–water partition coefficient (Wildman–Crippen LogP) is 3.36. The van der Waals surface area contributed by atoms with Gasteiger partial charge in [-0.15, -0.1) is 11.3 Å². The standard InChI is InChI=1S/C18H22N2OS/c1-14-6-8-15(9-7-14)18(16-5-4-12-22-16)19-17(21)13-20-10-2-3-11-20/h4-9,12,18H,2-3,10-11,13H2,1H3,(H,19,21)/t18-/m0/s1. The fraction of sp³-hybridized carbons (Fsp3) is 0.389. The summed E-state index contributed by atoms with van der Waals surface area (Å²) in [6.07, 6.45) is 2.42. The van der Waals surface area contributed by atoms with E-state index in [2.05, 4.69) is 52.9 Å². The summed E-state index contributed by atoms with van der Waals surface area (Å²) < 4.78 is 0. The zero-order chi connectivity index (χ0) is 15.4. The highest BCUT2D eigenvalue weighted by atomic mass is 32.1. The van der Waals surface area contributed by atoms with Crippen LogP contribution in [0.5, 0.6) is 0 Å². The summed E-state index contributed by atoms with van der Waals surface area (Å²) in [4.78, 5) is 15.8. The molecule has 0 bridgehead atoms. The van der Waals surface area contributed by atoms with Gasteiger partial charge in [-0.05, 0) is 49.9 Å². The molecule has 1 aliphatic rings. The van der Waals surface area contributed by atoms with Crippen molar-refractivity contribution in [2.24, 2.45) is 0 Å². The second kappa shape index (κ2) is 7.07. The van der Waals surface area contributed by atoms with Crippen LogP contribution in [0.2, 0.25) is 0 Å². The third-order valence-electron chi connectivity index (χ3n) is 4.11. The third-order valence-corrected chi connectivity index (χ3v) is 5.05. The maximum atomic E-state index is 12.4. The highest BCUT2D eigenvalue weighted by molar-refractivity contribution is 7.10. The molecule has 1 fully saturated rings. The van der Waals surface area contributed by atoms with Crippen molar-refractivity contribution in [2.45, 2.75) is 25.8 Å². The molecule has 1 atom stereocenters. The van der Waals surface area contributed by atoms with Crippen LogP contribution in [0.25, 0.3) is 0 Å². The molecule has 2 heterocycles. The SMILES string of the molecule is Cc1ccc([C@H](NC(=O)CN2CCCC2)c2cccs2)cc1. The lowest BCUT2D eigenvalue weighted by molar-refractivity contribution is -0.122. The normalized spacial score (nSPS) is 16.6. The molecule has 0 aliphatic carbocycles. The number of nitrogens with zero attached hydrogens (tertiary/aromatic N) is 1. The van der Waals surface area contributed by atoms with Gasteiger partial charge in [0.2, 0.25) is 5.91 Å². The lowest BCUT2D eigenvalue weighted by Gasteiger charge is -2.21. The summed E-state index contributed by atoms with van der Waals surface area (Å²) in [5.74, 6) is 0.112. The number of hydrogen-bond acceptors (Lipinski definition) is 3. The van der Waals surface area contributed by atoms with Crippen LogP contribution in [0.3, 0.4) is 0 Å². The van der Waals surface area contributed by atoms with Gasteiger partial charge < -0.3 is 5.32 Å². The fourth-order valence-corrected chi connectivity index (χ4v) is 3.69. The zero-order valence-electron chi connectivity index (χ0n) is 12.9. The van der Waals surface area contributed by atoms with Crippen molar-refractivity contribution in [3.05, 3.63) is 57.8 Å². The largest absolute Gasteiger partial charge is 0.343 e. The van der Waals surface area contributed by atoms with Crippen LogP contribution in [0.4, 0.5) is 0 Å². The summed E-state index contributed by atoms with van der Waals surface area (Å²) in [6.45, 7) is 4.67. The number of likely N-dealkylation sites (tertiary alicyclic amines) is 1. The van der Waals surface area contributed by atoms with Gasteiger partial charge in [0.1, 0.15) is 0 Å². The minimum absolute atomic E-state index is 0.0456. The molecule has 0 unspecified atom stereocenters. The van der Waals surface area contributed by atoms with Gasteiger partial charge in [0, 0.05) is 4.88 Å². The molecule has 4 heteroatoms. The molecule has 0 radical (unpaired) electrons. The first kappa shape index (κ1) is 15.3. The first-order valence-corrected chi connectivity index (χ1v) is 8.72. The number of nitrogens with one attached hydrogen (secondary N) is 1. The first-order valence-electron chi connectivity index (χ1n) is 7.84. The first-order chi connectivity index (χ1) is 10.7. The smallest absolute Gasteiger partial charge is 0.234 e. The average molecular weight is 314 g/mol. The lowest BCUT2D eigenvalue weighted by atomic mass is 10.0. The van der Waals surface area contributed by atoms with Crippen molar-refractivity contribution < 1.29 is 4.79 Å². The van der Waals surface area contributed by atoms with Crippen LogP contribution in [-0.4, -0.2) is 30.4 Å². The van der Waals surface area contributed by atoms with Gasteiger partial charge in [0.15, 0.2) is 0 Å². The van der Waals surface area contributed by atoms with E-state index in [1.807, 2.05) is 6.07 Å². The van der Waals surface area contributed by atoms with Gasteiger partial charge >= 0.3 is 0 Å². The molecule has 116 valence electrons. The molecule has 1 aromatic heterocycles. The Morgan fingerprint density at radius 2 is 1.95 bits per heavy atom. The van der Waals surface area contributed by atoms with Crippen molar-refractivity contribution in [3.63, 3.8) is 0 Å². The number of carbonyl (C=O) groups is 1. The minimum Gasteiger partial charge on any atom is -0.343 e. The van der Waals surface area contributed by atoms with Crippen LogP contribution in [0.1, 0.15) is 34.9 Å². The number of carbonyl (C=O) groups excluding carboxylic acids is 1. The quantitative estimate of drug-likeness (QED) is 0.918. The van der Waals surface area contributed by atoms with Gasteiger partial charge in [-0.1, -0.05) is 35.9 Å². The van der Waals surface area contributed by atoms with E-state index in [-0.39, 0.29) is 11.9 Å². The van der Waals surface area contributed by atoms with Crippen molar-refractivity contribution in [1.29, 1.82) is 0 Å². The molecule has 1 saturated heterocycles. The molecule has 3 rings (SSSR count). The predicted molar refractivity (Wildman–Crippen MR) is 91.2 cm³/mol. The van der Waals surface area contributed by atoms with Gasteiger partial charge in [-0.2, -0.15) is 0 Å². The van der Waals surface area contributed by atoms with E-state index in [0.29, 0.717) is 6.54 Å². The zero-order valence-corrected chi connectivity index (χ0v) is 13.7. The number of hydrogen-bond donors (Lipinski definition) is 1. The molecular formula is C18H22N2OS. The number of rotatable bonds is 5. The molecule has 1 aliphatic heterocycles. The molecule has 1 amide bonds. The van der Waals surface area contributed by atoms with Crippen molar-refractivity contribution in [1.82, 2.24) is 10.2 Å². The summed E-state index contributed by atoms with van der Waals surface area (Å²) in [7, 11) is 0. The van der Waals surface area contributed by atoms with Gasteiger partial charge in [-0.3, -0.25) is 9.69 Å². The highest BCUT2D eigenvalue weighted by Gasteiger charge is 2.20. The van der Waals surface area contributed by atoms with Gasteiger partial charge in [0.25, 0.3) is 0 Å². The summed E-state index contributed by atoms with van der Waals surface area (Å²) in [5.41, 5.74) is 2.37. The van der Waals surface area contributed by atoms with E-state index in [0.717, 1.165) is 18.7 Å². The van der Waals surface area contributed by atoms with E-state index < -0.39 is 0 Å². The molecule has 22 heavy (non-hydrogen) atoms. The summed E-state index contributed by atoms with van der Waals surface area (Å²) in [5, 5.41) is 5.27. The Bertz CT molecular complexity index is 601. The third kappa shape index (κ3) is 3.76. The van der Waals surface area contributed by atoms with Crippen LogP contribution in [0.15, 0.2) is 41.8 Å². The van der Waals surface area contributed by atoms with Crippen LogP contribution in [0, 0.1) is 6.92 Å². The molecule has 3 nitrogen and oxygen atoms in total. The topological polar surface area (TPSA) is 32.3 Å². The van der Waals surface area contributed by atoms with E-state index in [9.17, 15) is 4.79 Å². The number of aryl methyl sites for hydroxylation is 1. The van der Waals surface area contributed by atoms with E-state index in [4.69, 9.17) is 0 Å². The molecule has 1 aromatic carbocycles. The monoisotopic (exact) mass is 314 g/mol. The van der Waals surface area contributed by atoms with Crippen LogP contribution < -0.4 is 5.32 Å². The van der Waals surface area contributed by atoms with Crippen LogP contribution >= 0.6 is 11.3 Å². The Morgan fingerprint density at radius 3 is 2.59 bits per heavy atom. The number of benzene rings is 1. The highest BCUT2D eigenvalue weighted by Crippen LogP contribution is 2.26. The maximum Gasteiger partial charge on any atom is 0.234 e. The van der Waals surface area contributed by atoms with E-state index in [1.165, 1.54) is 23.3 Å². The lowest BCUT2D eigenvalue weighted by Crippen LogP contribution is -2.37. The van der Waals surface area contributed by atoms with E-state index >= 15 is 0 Å². The summed E-state index contributed by atoms with van der Waals surface area (Å²) >= 11 is 1.69. The maximum absolute atomic E-state index is 12.4. The minimum atomic E-state index is -0.0456. The van der Waals surface area contributed by atoms with Crippen molar-refractivity contribution in [2.75, 3.05) is 19.6 Å². The second-order valence-corrected chi connectivity index (χ2v) is 6.89. The van der Waals surface area contributed by atoms with E-state index in [1.54, 1.807) is 11.3 Å². The Morgan fingerprint density at radius 1 is 1.23 bits per heavy atom.